The van der Waals surface area contributed by atoms with E-state index in [4.69, 9.17) is 14.7 Å². The molecule has 4 atom stereocenters. The molecule has 0 amide bonds. The predicted molar refractivity (Wildman–Crippen MR) is 52.4 cm³/mol. The number of esters is 1. The molecule has 2 fully saturated rings. The van der Waals surface area contributed by atoms with Crippen LogP contribution in [-0.4, -0.2) is 41.3 Å². The molecular formula is C10H15NO5. The summed E-state index contributed by atoms with van der Waals surface area (Å²) in [5.41, 5.74) is 2.48. The molecule has 0 aromatic rings. The maximum Gasteiger partial charge on any atom is 0.323 e. The van der Waals surface area contributed by atoms with E-state index in [-0.39, 0.29) is 18.6 Å². The molecule has 0 radical (unpaired) electrons. The van der Waals surface area contributed by atoms with Gasteiger partial charge in [0, 0.05) is 5.92 Å². The lowest BCUT2D eigenvalue weighted by Gasteiger charge is -2.28. The van der Waals surface area contributed by atoms with Crippen molar-refractivity contribution in [1.82, 2.24) is 5.48 Å². The van der Waals surface area contributed by atoms with Crippen LogP contribution < -0.4 is 5.48 Å². The van der Waals surface area contributed by atoms with Crippen LogP contribution in [0.3, 0.4) is 0 Å². The van der Waals surface area contributed by atoms with Crippen LogP contribution in [-0.2, 0) is 14.3 Å². The summed E-state index contributed by atoms with van der Waals surface area (Å²) in [4.78, 5) is 11.2. The number of aliphatic hydroxyl groups excluding tert-OH is 1. The third kappa shape index (κ3) is 2.10. The number of aliphatic hydroxyl groups is 1. The van der Waals surface area contributed by atoms with E-state index in [9.17, 15) is 9.90 Å². The Labute approximate surface area is 92.8 Å². The summed E-state index contributed by atoms with van der Waals surface area (Å²) in [7, 11) is 0. The topological polar surface area (TPSA) is 88.0 Å². The summed E-state index contributed by atoms with van der Waals surface area (Å²) in [5, 5.41) is 17.9. The van der Waals surface area contributed by atoms with Gasteiger partial charge >= 0.3 is 5.97 Å². The fourth-order valence-corrected chi connectivity index (χ4v) is 2.26. The van der Waals surface area contributed by atoms with Gasteiger partial charge in [-0.05, 0) is 18.4 Å². The van der Waals surface area contributed by atoms with Gasteiger partial charge in [-0.25, -0.2) is 0 Å². The maximum absolute atomic E-state index is 11.2. The quantitative estimate of drug-likeness (QED) is 0.345. The highest BCUT2D eigenvalue weighted by molar-refractivity contribution is 5.72. The zero-order valence-electron chi connectivity index (χ0n) is 8.76. The van der Waals surface area contributed by atoms with Crippen molar-refractivity contribution in [3.05, 3.63) is 12.2 Å². The normalized spacial score (nSPS) is 37.5. The molecule has 2 aliphatic rings. The number of carbonyl (C=O) groups excluding carboxylic acids is 1. The Morgan fingerprint density at radius 3 is 3.12 bits per heavy atom. The van der Waals surface area contributed by atoms with Crippen LogP contribution >= 0.6 is 0 Å². The second-order valence-electron chi connectivity index (χ2n) is 4.17. The zero-order valence-corrected chi connectivity index (χ0v) is 8.76. The van der Waals surface area contributed by atoms with E-state index in [0.717, 1.165) is 5.57 Å². The monoisotopic (exact) mass is 229 g/mol. The Balaban J connectivity index is 1.99. The second-order valence-corrected chi connectivity index (χ2v) is 4.17. The fourth-order valence-electron chi connectivity index (χ4n) is 2.26. The molecular weight excluding hydrogens is 214 g/mol. The van der Waals surface area contributed by atoms with Crippen molar-refractivity contribution in [2.75, 3.05) is 6.54 Å². The molecule has 0 aromatic heterocycles. The van der Waals surface area contributed by atoms with E-state index in [1.807, 2.05) is 0 Å². The van der Waals surface area contributed by atoms with Gasteiger partial charge in [0.05, 0.1) is 0 Å². The smallest absolute Gasteiger partial charge is 0.323 e. The highest BCUT2D eigenvalue weighted by atomic mass is 16.6. The van der Waals surface area contributed by atoms with Gasteiger partial charge in [-0.1, -0.05) is 6.58 Å². The number of carbonyl (C=O) groups is 1. The summed E-state index contributed by atoms with van der Waals surface area (Å²) in [6.45, 7) is 3.56. The average molecular weight is 229 g/mol. The van der Waals surface area contributed by atoms with Crippen molar-refractivity contribution >= 4 is 5.97 Å². The lowest BCUT2D eigenvalue weighted by atomic mass is 9.84. The van der Waals surface area contributed by atoms with Gasteiger partial charge in [-0.2, -0.15) is 5.48 Å². The molecule has 1 saturated carbocycles. The zero-order chi connectivity index (χ0) is 11.7. The van der Waals surface area contributed by atoms with E-state index in [2.05, 4.69) is 6.58 Å². The molecule has 6 nitrogen and oxygen atoms in total. The Morgan fingerprint density at radius 2 is 2.44 bits per heavy atom. The van der Waals surface area contributed by atoms with Gasteiger partial charge in [0.15, 0.2) is 6.29 Å². The fraction of sp³-hybridized carbons (Fsp3) is 0.700. The van der Waals surface area contributed by atoms with Gasteiger partial charge in [0.2, 0.25) is 0 Å². The molecule has 1 heterocycles. The second kappa shape index (κ2) is 4.50. The number of rotatable bonds is 3. The molecule has 1 aliphatic heterocycles. The van der Waals surface area contributed by atoms with Crippen LogP contribution in [0.25, 0.3) is 0 Å². The van der Waals surface area contributed by atoms with Gasteiger partial charge in [0.25, 0.3) is 0 Å². The van der Waals surface area contributed by atoms with Crippen LogP contribution in [0.2, 0.25) is 0 Å². The largest absolute Gasteiger partial charge is 0.454 e. The first-order valence-corrected chi connectivity index (χ1v) is 5.19. The molecule has 1 aliphatic carbocycles. The van der Waals surface area contributed by atoms with Crippen molar-refractivity contribution in [2.24, 2.45) is 5.92 Å². The first kappa shape index (κ1) is 11.5. The molecule has 6 heteroatoms. The SMILES string of the molecule is C=C1CC2CC(OC2O)C1OC(=O)CNO. The molecule has 2 bridgehead atoms. The average Bonchev–Trinajstić information content (AvgIpc) is 2.52. The van der Waals surface area contributed by atoms with E-state index in [1.165, 1.54) is 0 Å². The number of hydrogen-bond acceptors (Lipinski definition) is 6. The molecule has 0 spiro atoms. The number of nitrogens with one attached hydrogen (secondary N) is 1. The summed E-state index contributed by atoms with van der Waals surface area (Å²) < 4.78 is 10.4. The van der Waals surface area contributed by atoms with Crippen molar-refractivity contribution in [3.8, 4) is 0 Å². The molecule has 2 rings (SSSR count). The predicted octanol–water partition coefficient (Wildman–Crippen LogP) is -0.440. The van der Waals surface area contributed by atoms with Crippen molar-refractivity contribution in [1.29, 1.82) is 0 Å². The summed E-state index contributed by atoms with van der Waals surface area (Å²) in [6.07, 6.45) is -0.355. The first-order valence-electron chi connectivity index (χ1n) is 5.19. The minimum atomic E-state index is -0.790. The molecule has 90 valence electrons. The third-order valence-electron chi connectivity index (χ3n) is 3.00. The molecule has 4 unspecified atom stereocenters. The highest BCUT2D eigenvalue weighted by Crippen LogP contribution is 2.40. The van der Waals surface area contributed by atoms with Gasteiger partial charge in [-0.3, -0.25) is 4.79 Å². The van der Waals surface area contributed by atoms with E-state index >= 15 is 0 Å². The van der Waals surface area contributed by atoms with Crippen molar-refractivity contribution in [2.45, 2.75) is 31.3 Å². The van der Waals surface area contributed by atoms with Crippen LogP contribution in [0.5, 0.6) is 0 Å². The Hall–Kier alpha value is -0.950. The molecule has 1 saturated heterocycles. The maximum atomic E-state index is 11.2. The lowest BCUT2D eigenvalue weighted by Crippen LogP contribution is -2.37. The van der Waals surface area contributed by atoms with E-state index < -0.39 is 18.4 Å². The van der Waals surface area contributed by atoms with Crippen LogP contribution in [0.4, 0.5) is 0 Å². The van der Waals surface area contributed by atoms with E-state index in [1.54, 1.807) is 5.48 Å². The van der Waals surface area contributed by atoms with Crippen LogP contribution in [0.1, 0.15) is 12.8 Å². The summed E-state index contributed by atoms with van der Waals surface area (Å²) in [6, 6.07) is 0. The van der Waals surface area contributed by atoms with E-state index in [0.29, 0.717) is 12.8 Å². The first-order chi connectivity index (χ1) is 7.61. The standard InChI is InChI=1S/C10H15NO5/c1-5-2-6-3-7(15-10(6)13)9(5)16-8(12)4-11-14/h6-7,9-11,13-14H,1-4H2. The van der Waals surface area contributed by atoms with Gasteiger partial charge < -0.3 is 19.8 Å². The lowest BCUT2D eigenvalue weighted by molar-refractivity contribution is -0.161. The summed E-state index contributed by atoms with van der Waals surface area (Å²) in [5.74, 6) is -0.513. The molecule has 3 N–H and O–H groups in total. The summed E-state index contributed by atoms with van der Waals surface area (Å²) >= 11 is 0. The van der Waals surface area contributed by atoms with Crippen molar-refractivity contribution < 1.29 is 24.6 Å². The van der Waals surface area contributed by atoms with Crippen LogP contribution in [0, 0.1) is 5.92 Å². The Bertz CT molecular complexity index is 304. The Kier molecular flexibility index (Phi) is 3.25. The minimum Gasteiger partial charge on any atom is -0.454 e. The van der Waals surface area contributed by atoms with Crippen LogP contribution in [0.15, 0.2) is 12.2 Å². The minimum absolute atomic E-state index is 0.0587. The third-order valence-corrected chi connectivity index (χ3v) is 3.00. The molecule has 16 heavy (non-hydrogen) atoms. The van der Waals surface area contributed by atoms with Gasteiger partial charge in [0.1, 0.15) is 18.8 Å². The number of hydroxylamine groups is 1. The van der Waals surface area contributed by atoms with Crippen molar-refractivity contribution in [3.63, 3.8) is 0 Å². The number of fused-ring (bicyclic) bond motifs is 2. The molecule has 0 aromatic carbocycles. The Morgan fingerprint density at radius 1 is 1.69 bits per heavy atom. The van der Waals surface area contributed by atoms with Gasteiger partial charge in [-0.15, -0.1) is 0 Å². The number of hydrogen-bond donors (Lipinski definition) is 3. The highest BCUT2D eigenvalue weighted by Gasteiger charge is 2.46. The number of ether oxygens (including phenoxy) is 2.